The summed E-state index contributed by atoms with van der Waals surface area (Å²) < 4.78 is 38.2. The Morgan fingerprint density at radius 3 is 2.65 bits per heavy atom. The minimum atomic E-state index is -1.20. The maximum Gasteiger partial charge on any atom is 0.229 e. The number of halogens is 2. The van der Waals surface area contributed by atoms with Gasteiger partial charge in [0.15, 0.2) is 0 Å². The summed E-state index contributed by atoms with van der Waals surface area (Å²) in [6.45, 7) is 2.48. The lowest BCUT2D eigenvalue weighted by Gasteiger charge is -2.39. The van der Waals surface area contributed by atoms with Gasteiger partial charge in [-0.25, -0.2) is 13.8 Å². The van der Waals surface area contributed by atoms with Crippen molar-refractivity contribution in [2.24, 2.45) is 11.7 Å². The van der Waals surface area contributed by atoms with Crippen molar-refractivity contribution in [1.82, 2.24) is 19.6 Å². The molecule has 0 unspecified atom stereocenters. The molecule has 2 aliphatic carbocycles. The van der Waals surface area contributed by atoms with Crippen molar-refractivity contribution in [3.8, 4) is 17.3 Å². The number of nitriles is 1. The normalized spacial score (nSPS) is 23.3. The molecule has 1 aromatic carbocycles. The van der Waals surface area contributed by atoms with Gasteiger partial charge in [0.25, 0.3) is 0 Å². The third kappa shape index (κ3) is 5.70. The summed E-state index contributed by atoms with van der Waals surface area (Å²) in [5.41, 5.74) is 7.85. The number of nitrogens with zero attached hydrogens (tertiary/aromatic N) is 5. The highest BCUT2D eigenvalue weighted by molar-refractivity contribution is 5.66. The van der Waals surface area contributed by atoms with E-state index < -0.39 is 17.2 Å². The predicted octanol–water partition coefficient (Wildman–Crippen LogP) is 5.71. The van der Waals surface area contributed by atoms with Crippen molar-refractivity contribution in [1.29, 1.82) is 5.26 Å². The van der Waals surface area contributed by atoms with Crippen LogP contribution in [0.15, 0.2) is 48.9 Å². The van der Waals surface area contributed by atoms with Gasteiger partial charge in [-0.2, -0.15) is 14.9 Å². The summed E-state index contributed by atoms with van der Waals surface area (Å²) in [7, 11) is 0. The maximum atomic E-state index is 15.4. The lowest BCUT2D eigenvalue weighted by molar-refractivity contribution is -0.0198. The number of aromatic nitrogens is 4. The second-order valence-electron chi connectivity index (χ2n) is 11.8. The van der Waals surface area contributed by atoms with E-state index in [2.05, 4.69) is 33.4 Å². The van der Waals surface area contributed by atoms with Crippen LogP contribution in [-0.4, -0.2) is 43.4 Å². The summed E-state index contributed by atoms with van der Waals surface area (Å²) in [5.74, 6) is -0.851. The molecule has 3 aromatic heterocycles. The second kappa shape index (κ2) is 12.0. The Morgan fingerprint density at radius 1 is 1.16 bits per heavy atom. The first-order valence-corrected chi connectivity index (χ1v) is 14.8. The van der Waals surface area contributed by atoms with E-state index in [-0.39, 0.29) is 40.8 Å². The molecule has 3 heterocycles. The number of hydrogen-bond donors (Lipinski definition) is 3. The monoisotopic (exact) mass is 587 g/mol. The molecule has 4 atom stereocenters. The lowest BCUT2D eigenvalue weighted by atomic mass is 9.74. The Hall–Kier alpha value is -3.98. The average molecular weight is 588 g/mol. The molecule has 2 saturated carbocycles. The van der Waals surface area contributed by atoms with Crippen LogP contribution < -0.4 is 11.1 Å². The molecule has 0 saturated heterocycles. The van der Waals surface area contributed by atoms with E-state index in [1.165, 1.54) is 16.6 Å². The fraction of sp³-hybridized carbons (Fsp3) is 0.438. The van der Waals surface area contributed by atoms with E-state index in [1.807, 2.05) is 6.07 Å². The van der Waals surface area contributed by atoms with Gasteiger partial charge in [-0.15, -0.1) is 0 Å². The fourth-order valence-corrected chi connectivity index (χ4v) is 6.77. The molecule has 4 aromatic rings. The number of rotatable bonds is 8. The van der Waals surface area contributed by atoms with Crippen molar-refractivity contribution >= 4 is 17.2 Å². The van der Waals surface area contributed by atoms with Crippen molar-refractivity contribution in [2.45, 2.75) is 75.5 Å². The zero-order valence-electron chi connectivity index (χ0n) is 24.0. The van der Waals surface area contributed by atoms with Gasteiger partial charge in [-0.3, -0.25) is 4.98 Å². The van der Waals surface area contributed by atoms with Crippen molar-refractivity contribution in [3.05, 3.63) is 71.7 Å². The van der Waals surface area contributed by atoms with Crippen LogP contribution >= 0.6 is 0 Å². The standard InChI is InChI=1S/C32H35F2N7O2/c1-19-13-20(14-26(36)30(19)43-12-4-10-35)23-7-11-37-18-28(23)39-31-38-17-22-5-6-27(40-41(22)31)29-24(33)15-21(16-25(29)34)32(42)8-2-3-9-32/h5-7,11,15-20,26,30,42H,2-4,8-9,12-14,36H2,1H3,(H,38,39)/t19-,20+,26+,30-/m0/s1. The highest BCUT2D eigenvalue weighted by Gasteiger charge is 2.36. The third-order valence-corrected chi connectivity index (χ3v) is 8.91. The first-order chi connectivity index (χ1) is 20.8. The molecule has 0 radical (unpaired) electrons. The Bertz CT molecular complexity index is 1630. The summed E-state index contributed by atoms with van der Waals surface area (Å²) in [6.07, 6.45) is 9.46. The average Bonchev–Trinajstić information content (AvgIpc) is 3.61. The molecule has 0 amide bonds. The molecule has 0 spiro atoms. The van der Waals surface area contributed by atoms with Gasteiger partial charge in [-0.1, -0.05) is 19.8 Å². The number of pyridine rings is 1. The highest BCUT2D eigenvalue weighted by Crippen LogP contribution is 2.42. The molecule has 2 aliphatic rings. The van der Waals surface area contributed by atoms with Crippen LogP contribution in [0.5, 0.6) is 0 Å². The molecule has 224 valence electrons. The first-order valence-electron chi connectivity index (χ1n) is 14.8. The van der Waals surface area contributed by atoms with Gasteiger partial charge in [0, 0.05) is 12.2 Å². The quantitative estimate of drug-likeness (QED) is 0.223. The van der Waals surface area contributed by atoms with E-state index in [1.54, 1.807) is 30.7 Å². The van der Waals surface area contributed by atoms with Crippen LogP contribution in [0.1, 0.15) is 68.9 Å². The zero-order valence-corrected chi connectivity index (χ0v) is 24.0. The van der Waals surface area contributed by atoms with Crippen LogP contribution in [-0.2, 0) is 10.3 Å². The number of nitrogens with two attached hydrogens (primary N) is 1. The van der Waals surface area contributed by atoms with Crippen LogP contribution in [0.4, 0.5) is 20.4 Å². The smallest absolute Gasteiger partial charge is 0.229 e. The topological polar surface area (TPSA) is 134 Å². The number of benzene rings is 1. The summed E-state index contributed by atoms with van der Waals surface area (Å²) in [5, 5.41) is 27.6. The van der Waals surface area contributed by atoms with Gasteiger partial charge in [0.05, 0.1) is 65.7 Å². The van der Waals surface area contributed by atoms with Gasteiger partial charge >= 0.3 is 0 Å². The Kier molecular flexibility index (Phi) is 8.09. The fourth-order valence-electron chi connectivity index (χ4n) is 6.77. The zero-order chi connectivity index (χ0) is 30.1. The van der Waals surface area contributed by atoms with E-state index >= 15 is 8.78 Å². The molecule has 11 heteroatoms. The SMILES string of the molecule is C[C@H]1C[C@@H](c2ccncc2Nc2ncc3ccc(-c4c(F)cc(C5(O)CCCC5)cc4F)nn23)C[C@@H](N)[C@H]1OCCC#N. The Morgan fingerprint density at radius 2 is 1.93 bits per heavy atom. The molecular weight excluding hydrogens is 552 g/mol. The minimum absolute atomic E-state index is 0.106. The molecule has 9 nitrogen and oxygen atoms in total. The predicted molar refractivity (Wildman–Crippen MR) is 157 cm³/mol. The van der Waals surface area contributed by atoms with Crippen molar-refractivity contribution < 1.29 is 18.6 Å². The van der Waals surface area contributed by atoms with Gasteiger partial charge in [-0.05, 0) is 79.0 Å². The summed E-state index contributed by atoms with van der Waals surface area (Å²) in [6, 6.07) is 9.59. The number of aliphatic hydroxyl groups is 1. The number of anilines is 2. The Balaban J connectivity index is 1.27. The summed E-state index contributed by atoms with van der Waals surface area (Å²) >= 11 is 0. The van der Waals surface area contributed by atoms with E-state index in [0.29, 0.717) is 43.8 Å². The van der Waals surface area contributed by atoms with Gasteiger partial charge < -0.3 is 20.9 Å². The number of fused-ring (bicyclic) bond motifs is 1. The first kappa shape index (κ1) is 29.1. The lowest BCUT2D eigenvalue weighted by Crippen LogP contribution is -2.46. The highest BCUT2D eigenvalue weighted by atomic mass is 19.1. The molecule has 43 heavy (non-hydrogen) atoms. The van der Waals surface area contributed by atoms with Gasteiger partial charge in [0.2, 0.25) is 5.95 Å². The Labute approximate surface area is 248 Å². The van der Waals surface area contributed by atoms with E-state index in [4.69, 9.17) is 15.7 Å². The minimum Gasteiger partial charge on any atom is -0.385 e. The number of nitrogens with one attached hydrogen (secondary N) is 1. The van der Waals surface area contributed by atoms with Crippen LogP contribution in [0.3, 0.4) is 0 Å². The van der Waals surface area contributed by atoms with Crippen LogP contribution in [0, 0.1) is 28.9 Å². The van der Waals surface area contributed by atoms with Crippen LogP contribution in [0.2, 0.25) is 0 Å². The molecule has 2 fully saturated rings. The molecule has 4 N–H and O–H groups in total. The molecular formula is C32H35F2N7O2. The van der Waals surface area contributed by atoms with E-state index in [0.717, 1.165) is 30.5 Å². The van der Waals surface area contributed by atoms with E-state index in [9.17, 15) is 5.11 Å². The van der Waals surface area contributed by atoms with Gasteiger partial charge in [0.1, 0.15) is 11.6 Å². The molecule has 6 rings (SSSR count). The maximum absolute atomic E-state index is 15.4. The van der Waals surface area contributed by atoms with Crippen molar-refractivity contribution in [2.75, 3.05) is 11.9 Å². The largest absolute Gasteiger partial charge is 0.385 e. The molecule has 0 bridgehead atoms. The summed E-state index contributed by atoms with van der Waals surface area (Å²) in [4.78, 5) is 8.80. The number of imidazole rings is 1. The second-order valence-corrected chi connectivity index (χ2v) is 11.8. The van der Waals surface area contributed by atoms with Crippen LogP contribution in [0.25, 0.3) is 16.8 Å². The number of ether oxygens (including phenoxy) is 1. The molecule has 0 aliphatic heterocycles. The van der Waals surface area contributed by atoms with Crippen molar-refractivity contribution in [3.63, 3.8) is 0 Å². The number of hydrogen-bond acceptors (Lipinski definition) is 8. The third-order valence-electron chi connectivity index (χ3n) is 8.91.